The Morgan fingerprint density at radius 2 is 1.64 bits per heavy atom. The molecule has 0 saturated carbocycles. The molecule has 0 aliphatic carbocycles. The van der Waals surface area contributed by atoms with E-state index in [0.717, 1.165) is 54.9 Å². The van der Waals surface area contributed by atoms with Gasteiger partial charge in [-0.1, -0.05) is 35.9 Å². The molecule has 2 aromatic heterocycles. The lowest BCUT2D eigenvalue weighted by molar-refractivity contribution is -0.592. The van der Waals surface area contributed by atoms with E-state index in [2.05, 4.69) is 25.7 Å². The zero-order chi connectivity index (χ0) is 25.6. The molecule has 0 radical (unpaired) electrons. The molecule has 1 aliphatic heterocycles. The Bertz CT molecular complexity index is 1420. The summed E-state index contributed by atoms with van der Waals surface area (Å²) in [6.07, 6.45) is 3.06. The standard InChI is InChI=1S/C29H28ClF2N3O/c1-29(2,3)34-14-11-18(12-15-34)25-17-21(19-7-4-5-8-22(19)30)20-13-16-35(36)28(27(20)33-25)26-23(31)9-6-10-24(26)32/h4-10,13,16-18H,11-12,14-15H2,1-3H3. The number of hydrogen-bond acceptors (Lipinski definition) is 3. The van der Waals surface area contributed by atoms with E-state index in [1.54, 1.807) is 12.1 Å². The van der Waals surface area contributed by atoms with Gasteiger partial charge in [-0.05, 0) is 76.5 Å². The first-order valence-corrected chi connectivity index (χ1v) is 12.5. The van der Waals surface area contributed by atoms with Gasteiger partial charge in [-0.25, -0.2) is 13.8 Å². The molecule has 7 heteroatoms. The average Bonchev–Trinajstić information content (AvgIpc) is 2.84. The molecule has 186 valence electrons. The normalized spacial score (nSPS) is 15.5. The first-order valence-electron chi connectivity index (χ1n) is 12.2. The molecule has 4 aromatic rings. The smallest absolute Gasteiger partial charge is 0.256 e. The average molecular weight is 508 g/mol. The van der Waals surface area contributed by atoms with Crippen LogP contribution in [0.5, 0.6) is 0 Å². The van der Waals surface area contributed by atoms with Crippen molar-refractivity contribution in [3.8, 4) is 22.4 Å². The van der Waals surface area contributed by atoms with E-state index in [9.17, 15) is 14.0 Å². The number of benzene rings is 2. The van der Waals surface area contributed by atoms with Crippen LogP contribution < -0.4 is 4.73 Å². The number of rotatable bonds is 3. The van der Waals surface area contributed by atoms with Crippen molar-refractivity contribution in [2.24, 2.45) is 0 Å². The molecule has 4 nitrogen and oxygen atoms in total. The largest absolute Gasteiger partial charge is 0.618 e. The highest BCUT2D eigenvalue weighted by Gasteiger charge is 2.30. The summed E-state index contributed by atoms with van der Waals surface area (Å²) in [6, 6.07) is 14.7. The summed E-state index contributed by atoms with van der Waals surface area (Å²) in [4.78, 5) is 7.36. The lowest BCUT2D eigenvalue weighted by atomic mass is 9.88. The molecule has 0 bridgehead atoms. The van der Waals surface area contributed by atoms with Crippen LogP contribution in [0.4, 0.5) is 8.78 Å². The van der Waals surface area contributed by atoms with Crippen molar-refractivity contribution in [1.29, 1.82) is 0 Å². The minimum absolute atomic E-state index is 0.0775. The lowest BCUT2D eigenvalue weighted by Gasteiger charge is -2.40. The van der Waals surface area contributed by atoms with Crippen molar-refractivity contribution in [2.45, 2.75) is 45.1 Å². The molecule has 0 amide bonds. The van der Waals surface area contributed by atoms with Crippen molar-refractivity contribution < 1.29 is 13.5 Å². The van der Waals surface area contributed by atoms with Crippen molar-refractivity contribution in [3.63, 3.8) is 0 Å². The number of aromatic nitrogens is 2. The van der Waals surface area contributed by atoms with Gasteiger partial charge in [0.25, 0.3) is 5.69 Å². The van der Waals surface area contributed by atoms with Crippen molar-refractivity contribution >= 4 is 22.5 Å². The van der Waals surface area contributed by atoms with E-state index in [1.807, 2.05) is 24.3 Å². The summed E-state index contributed by atoms with van der Waals surface area (Å²) in [5.41, 5.74) is 2.20. The second-order valence-electron chi connectivity index (χ2n) is 10.4. The number of hydrogen-bond donors (Lipinski definition) is 0. The van der Waals surface area contributed by atoms with Gasteiger partial charge in [-0.15, -0.1) is 0 Å². The number of nitrogens with zero attached hydrogens (tertiary/aromatic N) is 3. The minimum Gasteiger partial charge on any atom is -0.618 e. The molecule has 3 heterocycles. The lowest BCUT2D eigenvalue weighted by Crippen LogP contribution is -2.45. The Morgan fingerprint density at radius 1 is 0.972 bits per heavy atom. The third-order valence-electron chi connectivity index (χ3n) is 7.13. The van der Waals surface area contributed by atoms with Gasteiger partial charge in [0.05, 0.1) is 0 Å². The number of halogens is 3. The van der Waals surface area contributed by atoms with Crippen LogP contribution in [0.2, 0.25) is 5.02 Å². The Hall–Kier alpha value is -3.09. The van der Waals surface area contributed by atoms with Crippen LogP contribution in [-0.2, 0) is 0 Å². The molecule has 0 N–H and O–H groups in total. The number of likely N-dealkylation sites (tertiary alicyclic amines) is 1. The topological polar surface area (TPSA) is 43.1 Å². The van der Waals surface area contributed by atoms with Crippen molar-refractivity contribution in [3.05, 3.63) is 88.4 Å². The highest BCUT2D eigenvalue weighted by atomic mass is 35.5. The zero-order valence-corrected chi connectivity index (χ0v) is 21.3. The summed E-state index contributed by atoms with van der Waals surface area (Å²) in [5.74, 6) is -1.47. The van der Waals surface area contributed by atoms with Gasteiger partial charge in [0.2, 0.25) is 0 Å². The predicted molar refractivity (Wildman–Crippen MR) is 140 cm³/mol. The van der Waals surface area contributed by atoms with E-state index in [1.165, 1.54) is 12.3 Å². The highest BCUT2D eigenvalue weighted by Crippen LogP contribution is 2.40. The quantitative estimate of drug-likeness (QED) is 0.219. The van der Waals surface area contributed by atoms with E-state index < -0.39 is 11.6 Å². The molecule has 1 saturated heterocycles. The van der Waals surface area contributed by atoms with Gasteiger partial charge >= 0.3 is 0 Å². The molecule has 0 spiro atoms. The molecule has 5 rings (SSSR count). The molecule has 1 aliphatic rings. The Balaban J connectivity index is 1.75. The summed E-state index contributed by atoms with van der Waals surface area (Å²) in [5, 5.41) is 14.2. The first-order chi connectivity index (χ1) is 17.1. The highest BCUT2D eigenvalue weighted by molar-refractivity contribution is 6.33. The molecular formula is C29H28ClF2N3O. The van der Waals surface area contributed by atoms with Crippen LogP contribution >= 0.6 is 11.6 Å². The van der Waals surface area contributed by atoms with Crippen molar-refractivity contribution in [1.82, 2.24) is 9.88 Å². The Kier molecular flexibility index (Phi) is 6.43. The fourth-order valence-electron chi connectivity index (χ4n) is 5.16. The minimum atomic E-state index is -0.808. The van der Waals surface area contributed by atoms with Gasteiger partial charge in [0, 0.05) is 39.2 Å². The van der Waals surface area contributed by atoms with Crippen LogP contribution in [0, 0.1) is 16.8 Å². The molecular weight excluding hydrogens is 480 g/mol. The van der Waals surface area contributed by atoms with Gasteiger partial charge in [-0.3, -0.25) is 4.90 Å². The van der Waals surface area contributed by atoms with Gasteiger partial charge in [0.15, 0.2) is 6.20 Å². The molecule has 36 heavy (non-hydrogen) atoms. The van der Waals surface area contributed by atoms with Crippen LogP contribution in [-0.4, -0.2) is 28.5 Å². The van der Waals surface area contributed by atoms with E-state index in [0.29, 0.717) is 15.1 Å². The van der Waals surface area contributed by atoms with E-state index >= 15 is 0 Å². The first kappa shape index (κ1) is 24.6. The van der Waals surface area contributed by atoms with Crippen LogP contribution in [0.3, 0.4) is 0 Å². The predicted octanol–water partition coefficient (Wildman–Crippen LogP) is 7.11. The van der Waals surface area contributed by atoms with Gasteiger partial charge in [-0.2, -0.15) is 4.73 Å². The maximum absolute atomic E-state index is 14.9. The molecule has 2 aromatic carbocycles. The molecule has 0 unspecified atom stereocenters. The van der Waals surface area contributed by atoms with Crippen molar-refractivity contribution in [2.75, 3.05) is 13.1 Å². The van der Waals surface area contributed by atoms with Gasteiger partial charge < -0.3 is 5.21 Å². The maximum atomic E-state index is 14.9. The monoisotopic (exact) mass is 507 g/mol. The Morgan fingerprint density at radius 3 is 2.28 bits per heavy atom. The fourth-order valence-corrected chi connectivity index (χ4v) is 5.39. The van der Waals surface area contributed by atoms with Crippen LogP contribution in [0.25, 0.3) is 33.3 Å². The number of piperidine rings is 1. The van der Waals surface area contributed by atoms with Crippen LogP contribution in [0.1, 0.15) is 45.2 Å². The third kappa shape index (κ3) is 4.44. The number of pyridine rings is 2. The summed E-state index contributed by atoms with van der Waals surface area (Å²) < 4.78 is 30.3. The summed E-state index contributed by atoms with van der Waals surface area (Å²) in [7, 11) is 0. The van der Waals surface area contributed by atoms with Crippen LogP contribution in [0.15, 0.2) is 60.8 Å². The van der Waals surface area contributed by atoms with E-state index in [4.69, 9.17) is 16.6 Å². The Labute approximate surface area is 214 Å². The molecule has 1 fully saturated rings. The van der Waals surface area contributed by atoms with Gasteiger partial charge in [0.1, 0.15) is 22.7 Å². The third-order valence-corrected chi connectivity index (χ3v) is 7.45. The SMILES string of the molecule is CC(C)(C)N1CCC(c2cc(-c3ccccc3Cl)c3cc[n+]([O-])c(-c4c(F)cccc4F)c3n2)CC1. The number of fused-ring (bicyclic) bond motifs is 1. The molecule has 0 atom stereocenters. The second-order valence-corrected chi connectivity index (χ2v) is 10.8. The summed E-state index contributed by atoms with van der Waals surface area (Å²) in [6.45, 7) is 8.46. The maximum Gasteiger partial charge on any atom is 0.256 e. The zero-order valence-electron chi connectivity index (χ0n) is 20.6. The summed E-state index contributed by atoms with van der Waals surface area (Å²) >= 11 is 6.59. The fraction of sp³-hybridized carbons (Fsp3) is 0.310. The van der Waals surface area contributed by atoms with E-state index in [-0.39, 0.29) is 28.2 Å². The second kappa shape index (κ2) is 9.41.